The molecule has 8 nitrogen and oxygen atoms in total. The Kier molecular flexibility index (Phi) is 7.07. The van der Waals surface area contributed by atoms with E-state index >= 15 is 0 Å². The molecule has 1 aliphatic rings. The highest BCUT2D eigenvalue weighted by Gasteiger charge is 2.20. The van der Waals surface area contributed by atoms with E-state index in [1.54, 1.807) is 12.1 Å². The van der Waals surface area contributed by atoms with E-state index in [0.717, 1.165) is 9.87 Å². The van der Waals surface area contributed by atoms with Gasteiger partial charge in [0.05, 0.1) is 18.0 Å². The van der Waals surface area contributed by atoms with E-state index in [9.17, 15) is 13.2 Å². The number of rotatable bonds is 8. The van der Waals surface area contributed by atoms with Gasteiger partial charge in [0.2, 0.25) is 15.9 Å². The second kappa shape index (κ2) is 9.57. The fourth-order valence-electron chi connectivity index (χ4n) is 3.30. The van der Waals surface area contributed by atoms with Crippen LogP contribution in [0.3, 0.4) is 0 Å². The highest BCUT2D eigenvalue weighted by Crippen LogP contribution is 2.32. The summed E-state index contributed by atoms with van der Waals surface area (Å²) in [4.78, 5) is 12.7. The molecular weight excluding hydrogens is 420 g/mol. The Morgan fingerprint density at radius 3 is 2.52 bits per heavy atom. The lowest BCUT2D eigenvalue weighted by Crippen LogP contribution is -2.27. The van der Waals surface area contributed by atoms with Crippen LogP contribution in [-0.4, -0.2) is 53.0 Å². The molecule has 1 heterocycles. The minimum absolute atomic E-state index is 0.148. The summed E-state index contributed by atoms with van der Waals surface area (Å²) < 4.78 is 42.5. The Morgan fingerprint density at radius 1 is 1.13 bits per heavy atom. The number of methoxy groups -OCH3 is 1. The summed E-state index contributed by atoms with van der Waals surface area (Å²) in [6.45, 7) is 2.93. The maximum Gasteiger partial charge on any atom is 0.242 e. The van der Waals surface area contributed by atoms with Crippen molar-refractivity contribution in [2.75, 3.05) is 34.4 Å². The number of ether oxygens (including phenoxy) is 3. The number of amides is 1. The molecule has 2 aromatic rings. The first-order valence-corrected chi connectivity index (χ1v) is 11.4. The lowest BCUT2D eigenvalue weighted by Gasteiger charge is -2.21. The van der Waals surface area contributed by atoms with Gasteiger partial charge in [0.1, 0.15) is 19.0 Å². The van der Waals surface area contributed by atoms with Crippen molar-refractivity contribution < 1.29 is 27.4 Å². The van der Waals surface area contributed by atoms with Gasteiger partial charge in [0, 0.05) is 20.5 Å². The maximum absolute atomic E-state index is 12.5. The third kappa shape index (κ3) is 5.29. The fourth-order valence-corrected chi connectivity index (χ4v) is 4.25. The predicted molar refractivity (Wildman–Crippen MR) is 116 cm³/mol. The molecule has 168 valence electrons. The monoisotopic (exact) mass is 448 g/mol. The zero-order chi connectivity index (χ0) is 22.6. The van der Waals surface area contributed by atoms with Crippen molar-refractivity contribution in [3.63, 3.8) is 0 Å². The number of nitrogens with one attached hydrogen (secondary N) is 1. The zero-order valence-corrected chi connectivity index (χ0v) is 19.0. The van der Waals surface area contributed by atoms with Crippen molar-refractivity contribution in [2.45, 2.75) is 30.7 Å². The Balaban J connectivity index is 1.66. The van der Waals surface area contributed by atoms with Gasteiger partial charge in [-0.15, -0.1) is 0 Å². The lowest BCUT2D eigenvalue weighted by atomic mass is 10.1. The fraction of sp³-hybridized carbons (Fsp3) is 0.409. The number of benzene rings is 2. The first-order chi connectivity index (χ1) is 14.7. The quantitative estimate of drug-likeness (QED) is 0.667. The van der Waals surface area contributed by atoms with Crippen LogP contribution in [0.25, 0.3) is 0 Å². The molecule has 0 bridgehead atoms. The molecule has 2 aromatic carbocycles. The summed E-state index contributed by atoms with van der Waals surface area (Å²) in [7, 11) is 0.903. The summed E-state index contributed by atoms with van der Waals surface area (Å²) in [6.07, 6.45) is 0.538. The van der Waals surface area contributed by atoms with Crippen LogP contribution in [0.1, 0.15) is 30.5 Å². The van der Waals surface area contributed by atoms with E-state index < -0.39 is 10.0 Å². The highest BCUT2D eigenvalue weighted by atomic mass is 32.2. The predicted octanol–water partition coefficient (Wildman–Crippen LogP) is 2.53. The molecule has 0 saturated heterocycles. The molecule has 1 N–H and O–H groups in total. The molecule has 0 spiro atoms. The molecule has 0 fully saturated rings. The number of aryl methyl sites for hydroxylation is 1. The topological polar surface area (TPSA) is 94.2 Å². The highest BCUT2D eigenvalue weighted by molar-refractivity contribution is 7.89. The molecule has 9 heteroatoms. The summed E-state index contributed by atoms with van der Waals surface area (Å²) in [6, 6.07) is 10.1. The average molecular weight is 449 g/mol. The molecule has 31 heavy (non-hydrogen) atoms. The minimum Gasteiger partial charge on any atom is -0.496 e. The summed E-state index contributed by atoms with van der Waals surface area (Å²) in [5.41, 5.74) is 1.57. The molecular formula is C22H28N2O6S. The normalized spacial score (nSPS) is 14.2. The van der Waals surface area contributed by atoms with Gasteiger partial charge < -0.3 is 19.5 Å². The molecule has 1 amide bonds. The minimum atomic E-state index is -3.57. The van der Waals surface area contributed by atoms with Crippen LogP contribution in [0.4, 0.5) is 0 Å². The van der Waals surface area contributed by atoms with Crippen LogP contribution in [-0.2, 0) is 21.2 Å². The van der Waals surface area contributed by atoms with Crippen LogP contribution in [0, 0.1) is 0 Å². The Morgan fingerprint density at radius 2 is 1.84 bits per heavy atom. The van der Waals surface area contributed by atoms with Gasteiger partial charge in [-0.05, 0) is 54.8 Å². The van der Waals surface area contributed by atoms with Crippen molar-refractivity contribution in [1.82, 2.24) is 9.62 Å². The third-order valence-electron chi connectivity index (χ3n) is 5.10. The van der Waals surface area contributed by atoms with Crippen molar-refractivity contribution in [2.24, 2.45) is 0 Å². The number of nitrogens with zero attached hydrogens (tertiary/aromatic N) is 1. The summed E-state index contributed by atoms with van der Waals surface area (Å²) >= 11 is 0. The van der Waals surface area contributed by atoms with E-state index in [2.05, 4.69) is 5.32 Å². The van der Waals surface area contributed by atoms with Crippen molar-refractivity contribution >= 4 is 15.9 Å². The number of carbonyl (C=O) groups excluding carboxylic acids is 1. The lowest BCUT2D eigenvalue weighted by molar-refractivity contribution is -0.121. The van der Waals surface area contributed by atoms with Crippen molar-refractivity contribution in [1.29, 1.82) is 0 Å². The molecule has 1 atom stereocenters. The van der Waals surface area contributed by atoms with Gasteiger partial charge in [-0.2, -0.15) is 0 Å². The second-order valence-electron chi connectivity index (χ2n) is 7.45. The Bertz CT molecular complexity index is 1050. The van der Waals surface area contributed by atoms with Gasteiger partial charge in [0.15, 0.2) is 11.5 Å². The molecule has 0 unspecified atom stereocenters. The largest absolute Gasteiger partial charge is 0.496 e. The van der Waals surface area contributed by atoms with Crippen LogP contribution in [0.2, 0.25) is 0 Å². The Labute approximate surface area is 183 Å². The van der Waals surface area contributed by atoms with Gasteiger partial charge in [0.25, 0.3) is 0 Å². The van der Waals surface area contributed by atoms with E-state index in [4.69, 9.17) is 14.2 Å². The molecule has 1 aliphatic heterocycles. The molecule has 0 aromatic heterocycles. The van der Waals surface area contributed by atoms with Gasteiger partial charge in [-0.3, -0.25) is 4.79 Å². The Hall–Kier alpha value is -2.78. The standard InChI is InChI=1S/C22H28N2O6S/c1-15(16-5-8-20-21(14-16)30-12-11-29-20)23-22(25)10-6-17-13-18(7-9-19(17)28-4)31(26,27)24(2)3/h5,7-9,13-15H,6,10-12H2,1-4H3,(H,23,25)/t15-/m0/s1. The first kappa shape index (κ1) is 22.9. The number of fused-ring (bicyclic) bond motifs is 1. The van der Waals surface area contributed by atoms with Crippen LogP contribution >= 0.6 is 0 Å². The van der Waals surface area contributed by atoms with Crippen LogP contribution in [0.5, 0.6) is 17.2 Å². The van der Waals surface area contributed by atoms with Gasteiger partial charge >= 0.3 is 0 Å². The van der Waals surface area contributed by atoms with Crippen molar-refractivity contribution in [3.05, 3.63) is 47.5 Å². The second-order valence-corrected chi connectivity index (χ2v) is 9.61. The molecule has 0 radical (unpaired) electrons. The van der Waals surface area contributed by atoms with Crippen LogP contribution < -0.4 is 19.5 Å². The number of sulfonamides is 1. The maximum atomic E-state index is 12.5. The zero-order valence-electron chi connectivity index (χ0n) is 18.2. The van der Waals surface area contributed by atoms with E-state index in [-0.39, 0.29) is 23.3 Å². The first-order valence-electron chi connectivity index (χ1n) is 10.0. The van der Waals surface area contributed by atoms with Gasteiger partial charge in [-0.25, -0.2) is 12.7 Å². The van der Waals surface area contributed by atoms with Crippen molar-refractivity contribution in [3.8, 4) is 17.2 Å². The van der Waals surface area contributed by atoms with Gasteiger partial charge in [-0.1, -0.05) is 6.07 Å². The smallest absolute Gasteiger partial charge is 0.242 e. The SMILES string of the molecule is COc1ccc(S(=O)(=O)N(C)C)cc1CCC(=O)N[C@@H](C)c1ccc2c(c1)OCCO2. The van der Waals surface area contributed by atoms with E-state index in [1.807, 2.05) is 25.1 Å². The number of hydrogen-bond donors (Lipinski definition) is 1. The van der Waals surface area contributed by atoms with Crippen LogP contribution in [0.15, 0.2) is 41.3 Å². The third-order valence-corrected chi connectivity index (χ3v) is 6.91. The summed E-state index contributed by atoms with van der Waals surface area (Å²) in [5, 5.41) is 2.97. The molecule has 0 saturated carbocycles. The van der Waals surface area contributed by atoms with E-state index in [1.165, 1.54) is 27.3 Å². The molecule has 3 rings (SSSR count). The van der Waals surface area contributed by atoms with E-state index in [0.29, 0.717) is 42.4 Å². The number of carbonyl (C=O) groups is 1. The average Bonchev–Trinajstić information content (AvgIpc) is 2.76. The number of hydrogen-bond acceptors (Lipinski definition) is 6. The molecule has 0 aliphatic carbocycles. The summed E-state index contributed by atoms with van der Waals surface area (Å²) in [5.74, 6) is 1.78.